The summed E-state index contributed by atoms with van der Waals surface area (Å²) in [7, 11) is 1.36. The van der Waals surface area contributed by atoms with Gasteiger partial charge in [-0.25, -0.2) is 0 Å². The van der Waals surface area contributed by atoms with E-state index in [0.717, 1.165) is 25.0 Å². The Morgan fingerprint density at radius 1 is 1.19 bits per heavy atom. The molecule has 1 aliphatic carbocycles. The van der Waals surface area contributed by atoms with E-state index >= 15 is 0 Å². The average Bonchev–Trinajstić information content (AvgIpc) is 3.50. The number of rotatable bonds is 5. The first-order chi connectivity index (χ1) is 15.3. The lowest BCUT2D eigenvalue weighted by Gasteiger charge is -2.16. The molecule has 0 aromatic heterocycles. The number of ether oxygens (including phenoxy) is 2. The highest BCUT2D eigenvalue weighted by molar-refractivity contribution is 8.18. The van der Waals surface area contributed by atoms with E-state index in [9.17, 15) is 18.0 Å². The highest BCUT2D eigenvalue weighted by Gasteiger charge is 2.35. The highest BCUT2D eigenvalue weighted by Crippen LogP contribution is 2.41. The van der Waals surface area contributed by atoms with Crippen LogP contribution in [0.1, 0.15) is 29.5 Å². The zero-order valence-electron chi connectivity index (χ0n) is 16.7. The molecule has 0 radical (unpaired) electrons. The number of thioether (sulfide) groups is 1. The van der Waals surface area contributed by atoms with Crippen molar-refractivity contribution in [3.8, 4) is 23.3 Å². The summed E-state index contributed by atoms with van der Waals surface area (Å²) in [4.78, 5) is 16.5. The number of nitriles is 1. The molecule has 0 spiro atoms. The topological polar surface area (TPSA) is 83.7 Å². The largest absolute Gasteiger partial charge is 0.493 e. The second-order valence-electron chi connectivity index (χ2n) is 7.08. The summed E-state index contributed by atoms with van der Waals surface area (Å²) in [6, 6.07) is 9.73. The molecule has 2 aliphatic rings. The molecule has 32 heavy (non-hydrogen) atoms. The number of carbonyl (C=O) groups excluding carboxylic acids is 1. The smallest absolute Gasteiger partial charge is 0.420 e. The van der Waals surface area contributed by atoms with Crippen LogP contribution in [0.4, 0.5) is 13.2 Å². The first-order valence-corrected chi connectivity index (χ1v) is 10.3. The van der Waals surface area contributed by atoms with E-state index in [1.807, 2.05) is 0 Å². The number of methoxy groups -OCH3 is 1. The van der Waals surface area contributed by atoms with Crippen molar-refractivity contribution in [3.05, 3.63) is 58.0 Å². The van der Waals surface area contributed by atoms with E-state index in [2.05, 4.69) is 10.3 Å². The Bertz CT molecular complexity index is 1180. The van der Waals surface area contributed by atoms with Crippen LogP contribution in [0, 0.1) is 11.3 Å². The van der Waals surface area contributed by atoms with Crippen molar-refractivity contribution in [2.45, 2.75) is 25.1 Å². The summed E-state index contributed by atoms with van der Waals surface area (Å²) in [5, 5.41) is 12.6. The third-order valence-corrected chi connectivity index (χ3v) is 5.56. The predicted molar refractivity (Wildman–Crippen MR) is 113 cm³/mol. The number of carbonyl (C=O) groups is 1. The van der Waals surface area contributed by atoms with E-state index < -0.39 is 17.5 Å². The first-order valence-electron chi connectivity index (χ1n) is 9.53. The molecule has 1 N–H and O–H groups in total. The van der Waals surface area contributed by atoms with Gasteiger partial charge in [-0.05, 0) is 66.6 Å². The second-order valence-corrected chi connectivity index (χ2v) is 8.11. The van der Waals surface area contributed by atoms with Gasteiger partial charge in [-0.15, -0.1) is 0 Å². The summed E-state index contributed by atoms with van der Waals surface area (Å²) in [6.45, 7) is 0. The van der Waals surface area contributed by atoms with Gasteiger partial charge < -0.3 is 14.8 Å². The molecule has 2 aromatic rings. The molecule has 2 aromatic carbocycles. The van der Waals surface area contributed by atoms with Gasteiger partial charge >= 0.3 is 6.18 Å². The van der Waals surface area contributed by atoms with Crippen molar-refractivity contribution < 1.29 is 27.4 Å². The van der Waals surface area contributed by atoms with E-state index in [1.54, 1.807) is 24.3 Å². The van der Waals surface area contributed by atoms with Crippen molar-refractivity contribution in [2.24, 2.45) is 4.99 Å². The van der Waals surface area contributed by atoms with Crippen LogP contribution in [0.5, 0.6) is 17.2 Å². The molecular formula is C22H16F3N3O3S. The van der Waals surface area contributed by atoms with Gasteiger partial charge in [-0.3, -0.25) is 4.79 Å². The number of hydrogen-bond donors (Lipinski definition) is 1. The van der Waals surface area contributed by atoms with E-state index in [1.165, 1.54) is 31.0 Å². The molecule has 0 bridgehead atoms. The fourth-order valence-electron chi connectivity index (χ4n) is 2.91. The van der Waals surface area contributed by atoms with Crippen LogP contribution in [0.25, 0.3) is 6.08 Å². The lowest BCUT2D eigenvalue weighted by Crippen LogP contribution is -2.20. The molecular weight excluding hydrogens is 443 g/mol. The molecule has 10 heteroatoms. The van der Waals surface area contributed by atoms with E-state index in [0.29, 0.717) is 21.7 Å². The minimum Gasteiger partial charge on any atom is -0.493 e. The zero-order valence-corrected chi connectivity index (χ0v) is 17.5. The molecule has 4 rings (SSSR count). The Hall–Kier alpha value is -3.45. The fraction of sp³-hybridized carbons (Fsp3) is 0.227. The molecule has 0 saturated heterocycles. The number of amidine groups is 1. The fourth-order valence-corrected chi connectivity index (χ4v) is 3.80. The van der Waals surface area contributed by atoms with Crippen molar-refractivity contribution >= 4 is 28.9 Å². The molecule has 1 aliphatic heterocycles. The molecule has 0 atom stereocenters. The third-order valence-electron chi connectivity index (χ3n) is 4.64. The summed E-state index contributed by atoms with van der Waals surface area (Å²) in [6.07, 6.45) is -0.958. The molecule has 1 heterocycles. The number of nitrogens with one attached hydrogen (secondary N) is 1. The van der Waals surface area contributed by atoms with Crippen molar-refractivity contribution in [3.63, 3.8) is 0 Å². The normalized spacial score (nSPS) is 17.2. The van der Waals surface area contributed by atoms with Crippen LogP contribution >= 0.6 is 11.8 Å². The maximum absolute atomic E-state index is 13.4. The Morgan fingerprint density at radius 2 is 1.94 bits per heavy atom. The van der Waals surface area contributed by atoms with Crippen LogP contribution in [-0.2, 0) is 11.0 Å². The van der Waals surface area contributed by atoms with Gasteiger partial charge in [0, 0.05) is 6.04 Å². The monoisotopic (exact) mass is 459 g/mol. The maximum atomic E-state index is 13.4. The maximum Gasteiger partial charge on any atom is 0.420 e. The minimum atomic E-state index is -4.70. The van der Waals surface area contributed by atoms with Crippen LogP contribution in [0.3, 0.4) is 0 Å². The number of hydrogen-bond acceptors (Lipinski definition) is 6. The van der Waals surface area contributed by atoms with E-state index in [4.69, 9.17) is 14.7 Å². The molecule has 0 unspecified atom stereocenters. The second kappa shape index (κ2) is 8.59. The minimum absolute atomic E-state index is 0.0580. The molecule has 1 saturated carbocycles. The van der Waals surface area contributed by atoms with Gasteiger partial charge in [0.2, 0.25) is 0 Å². The standard InChI is InChI=1S/C22H16F3N3O3S/c1-30-18-9-12(10-19-20(29)28-21(32-19)27-14-4-5-14)2-7-17(18)31-16-6-3-13(11-26)8-15(16)22(23,24)25/h2-3,6-10,14H,4-5H2,1H3,(H,27,28,29)/b19-10+. The van der Waals surface area contributed by atoms with Gasteiger partial charge in [0.05, 0.1) is 29.2 Å². The lowest BCUT2D eigenvalue weighted by molar-refractivity contribution is -0.138. The van der Waals surface area contributed by atoms with Crippen molar-refractivity contribution in [2.75, 3.05) is 7.11 Å². The highest BCUT2D eigenvalue weighted by atomic mass is 32.2. The van der Waals surface area contributed by atoms with Gasteiger partial charge in [-0.1, -0.05) is 6.07 Å². The molecule has 6 nitrogen and oxygen atoms in total. The summed E-state index contributed by atoms with van der Waals surface area (Å²) < 4.78 is 51.0. The van der Waals surface area contributed by atoms with E-state index in [-0.39, 0.29) is 23.0 Å². The summed E-state index contributed by atoms with van der Waals surface area (Å²) in [5.41, 5.74) is -0.593. The van der Waals surface area contributed by atoms with Crippen LogP contribution < -0.4 is 14.8 Å². The Balaban J connectivity index is 1.58. The van der Waals surface area contributed by atoms with Gasteiger partial charge in [0.25, 0.3) is 5.91 Å². The SMILES string of the molecule is COc1cc(/C=C2/SC(NC3CC3)=NC2=O)ccc1Oc1ccc(C#N)cc1C(F)(F)F. The third kappa shape index (κ3) is 4.89. The molecule has 1 fully saturated rings. The van der Waals surface area contributed by atoms with Crippen LogP contribution in [0.2, 0.25) is 0 Å². The number of aliphatic imine (C=N–C) groups is 1. The first kappa shape index (κ1) is 21.8. The predicted octanol–water partition coefficient (Wildman–Crippen LogP) is 5.10. The quantitative estimate of drug-likeness (QED) is 0.627. The Kier molecular flexibility index (Phi) is 5.84. The van der Waals surface area contributed by atoms with Gasteiger partial charge in [0.1, 0.15) is 5.75 Å². The molecule has 164 valence electrons. The number of amides is 1. The number of halogens is 3. The van der Waals surface area contributed by atoms with Crippen molar-refractivity contribution in [1.29, 1.82) is 5.26 Å². The van der Waals surface area contributed by atoms with Gasteiger partial charge in [-0.2, -0.15) is 23.4 Å². The number of alkyl halides is 3. The Morgan fingerprint density at radius 3 is 2.59 bits per heavy atom. The zero-order chi connectivity index (χ0) is 22.9. The molecule has 1 amide bonds. The van der Waals surface area contributed by atoms with Crippen LogP contribution in [-0.4, -0.2) is 24.2 Å². The van der Waals surface area contributed by atoms with Crippen molar-refractivity contribution in [1.82, 2.24) is 5.32 Å². The number of nitrogens with zero attached hydrogens (tertiary/aromatic N) is 2. The Labute approximate surface area is 185 Å². The van der Waals surface area contributed by atoms with Gasteiger partial charge in [0.15, 0.2) is 16.7 Å². The van der Waals surface area contributed by atoms with Crippen LogP contribution in [0.15, 0.2) is 46.3 Å². The summed E-state index contributed by atoms with van der Waals surface area (Å²) in [5.74, 6) is -0.566. The number of benzene rings is 2. The summed E-state index contributed by atoms with van der Waals surface area (Å²) >= 11 is 1.24. The average molecular weight is 459 g/mol. The lowest BCUT2D eigenvalue weighted by atomic mass is 10.1.